The highest BCUT2D eigenvalue weighted by molar-refractivity contribution is 7.92. The zero-order valence-corrected chi connectivity index (χ0v) is 21.2. The second-order valence-electron chi connectivity index (χ2n) is 10.8. The Kier molecular flexibility index (Phi) is 5.54. The molecule has 2 aromatic rings. The van der Waals surface area contributed by atoms with Crippen LogP contribution in [0.25, 0.3) is 0 Å². The second kappa shape index (κ2) is 8.16. The van der Waals surface area contributed by atoms with Crippen molar-refractivity contribution in [2.24, 2.45) is 10.8 Å². The minimum absolute atomic E-state index is 0.0358. The van der Waals surface area contributed by atoms with E-state index in [4.69, 9.17) is 11.6 Å². The third kappa shape index (κ3) is 3.89. The van der Waals surface area contributed by atoms with Gasteiger partial charge in [-0.2, -0.15) is 4.39 Å². The van der Waals surface area contributed by atoms with E-state index in [2.05, 4.69) is 9.88 Å². The number of aromatic nitrogens is 1. The van der Waals surface area contributed by atoms with Gasteiger partial charge in [0.15, 0.2) is 10.7 Å². The van der Waals surface area contributed by atoms with Crippen LogP contribution < -0.4 is 9.62 Å². The molecule has 200 valence electrons. The molecule has 1 N–H and O–H groups in total. The third-order valence-corrected chi connectivity index (χ3v) is 10.5. The molecule has 3 heterocycles. The molecule has 6 rings (SSSR count). The first-order chi connectivity index (χ1) is 17.4. The van der Waals surface area contributed by atoms with Gasteiger partial charge in [-0.3, -0.25) is 9.62 Å². The van der Waals surface area contributed by atoms with Crippen molar-refractivity contribution in [1.29, 1.82) is 0 Å². The molecular formula is C24H24ClF5N4O2S. The van der Waals surface area contributed by atoms with Crippen molar-refractivity contribution in [3.8, 4) is 0 Å². The van der Waals surface area contributed by atoms with Gasteiger partial charge in [0.2, 0.25) is 5.95 Å². The van der Waals surface area contributed by atoms with Crippen molar-refractivity contribution in [3.05, 3.63) is 46.9 Å². The summed E-state index contributed by atoms with van der Waals surface area (Å²) in [5, 5.41) is -0.542. The van der Waals surface area contributed by atoms with E-state index in [-0.39, 0.29) is 23.6 Å². The molecule has 3 atom stereocenters. The molecule has 1 aromatic heterocycles. The molecule has 4 fully saturated rings. The molecule has 2 aliphatic carbocycles. The third-order valence-electron chi connectivity index (χ3n) is 8.70. The molecule has 2 aliphatic heterocycles. The maximum atomic E-state index is 15.2. The molecule has 6 nitrogen and oxygen atoms in total. The number of likely N-dealkylation sites (tertiary alicyclic amines) is 1. The van der Waals surface area contributed by atoms with E-state index >= 15 is 8.78 Å². The van der Waals surface area contributed by atoms with Gasteiger partial charge in [-0.1, -0.05) is 17.7 Å². The SMILES string of the molecule is O=S(=O)(Nc1cccc(F)n1)c1c(F)cc(N2CC[C@@]3(CC[C@H]3N3CC[C@]4(C3)CC4(F)F)C2)c(Cl)c1F. The molecule has 37 heavy (non-hydrogen) atoms. The van der Waals surface area contributed by atoms with Crippen LogP contribution in [-0.2, 0) is 10.0 Å². The first kappa shape index (κ1) is 25.1. The highest BCUT2D eigenvalue weighted by atomic mass is 35.5. The summed E-state index contributed by atoms with van der Waals surface area (Å²) in [6, 6.07) is 4.32. The van der Waals surface area contributed by atoms with Gasteiger partial charge >= 0.3 is 0 Å². The normalized spacial score (nSPS) is 30.8. The zero-order chi connectivity index (χ0) is 26.4. The summed E-state index contributed by atoms with van der Waals surface area (Å²) >= 11 is 6.23. The summed E-state index contributed by atoms with van der Waals surface area (Å²) in [5.74, 6) is -6.80. The van der Waals surface area contributed by atoms with Crippen LogP contribution >= 0.6 is 11.6 Å². The minimum atomic E-state index is -4.81. The molecule has 2 spiro atoms. The van der Waals surface area contributed by atoms with Gasteiger partial charge in [0.05, 0.1) is 11.1 Å². The molecule has 0 bridgehead atoms. The molecule has 1 aromatic carbocycles. The van der Waals surface area contributed by atoms with Gasteiger partial charge < -0.3 is 4.90 Å². The van der Waals surface area contributed by atoms with Crippen molar-refractivity contribution in [2.45, 2.75) is 49.0 Å². The maximum Gasteiger partial charge on any atom is 0.268 e. The van der Waals surface area contributed by atoms with Crippen molar-refractivity contribution in [3.63, 3.8) is 0 Å². The van der Waals surface area contributed by atoms with Crippen molar-refractivity contribution in [1.82, 2.24) is 9.88 Å². The van der Waals surface area contributed by atoms with Crippen LogP contribution in [0.5, 0.6) is 0 Å². The van der Waals surface area contributed by atoms with Crippen LogP contribution in [0, 0.1) is 28.4 Å². The number of rotatable bonds is 5. The van der Waals surface area contributed by atoms with Crippen molar-refractivity contribution in [2.75, 3.05) is 35.8 Å². The Morgan fingerprint density at radius 2 is 1.84 bits per heavy atom. The summed E-state index contributed by atoms with van der Waals surface area (Å²) in [4.78, 5) is 5.95. The number of sulfonamides is 1. The van der Waals surface area contributed by atoms with Crippen molar-refractivity contribution < 1.29 is 30.4 Å². The number of hydrogen-bond donors (Lipinski definition) is 1. The van der Waals surface area contributed by atoms with Crippen LogP contribution in [0.1, 0.15) is 32.1 Å². The highest BCUT2D eigenvalue weighted by Gasteiger charge is 2.73. The van der Waals surface area contributed by atoms with Crippen molar-refractivity contribution >= 4 is 33.1 Å². The van der Waals surface area contributed by atoms with Gasteiger partial charge in [-0.15, -0.1) is 0 Å². The van der Waals surface area contributed by atoms with Gasteiger partial charge in [0.25, 0.3) is 15.9 Å². The molecule has 2 saturated carbocycles. The number of nitrogens with one attached hydrogen (secondary N) is 1. The van der Waals surface area contributed by atoms with Gasteiger partial charge in [-0.25, -0.2) is 31.0 Å². The Labute approximate surface area is 215 Å². The maximum absolute atomic E-state index is 15.2. The smallest absolute Gasteiger partial charge is 0.268 e. The van der Waals surface area contributed by atoms with Gasteiger partial charge in [0, 0.05) is 43.6 Å². The van der Waals surface area contributed by atoms with E-state index in [1.807, 2.05) is 4.72 Å². The summed E-state index contributed by atoms with van der Waals surface area (Å²) in [6.45, 7) is 1.87. The fraction of sp³-hybridized carbons (Fsp3) is 0.542. The van der Waals surface area contributed by atoms with Crippen LogP contribution in [0.15, 0.2) is 29.2 Å². The lowest BCUT2D eigenvalue weighted by Crippen LogP contribution is -2.56. The zero-order valence-electron chi connectivity index (χ0n) is 19.6. The molecule has 4 aliphatic rings. The van der Waals surface area contributed by atoms with Crippen LogP contribution in [0.2, 0.25) is 5.02 Å². The summed E-state index contributed by atoms with van der Waals surface area (Å²) < 4.78 is 98.7. The van der Waals surface area contributed by atoms with E-state index < -0.39 is 54.7 Å². The summed E-state index contributed by atoms with van der Waals surface area (Å²) in [5.41, 5.74) is -1.05. The molecule has 0 amide bonds. The summed E-state index contributed by atoms with van der Waals surface area (Å²) in [6.07, 6.45) is 2.88. The van der Waals surface area contributed by atoms with E-state index in [0.717, 1.165) is 31.0 Å². The van der Waals surface area contributed by atoms with Gasteiger partial charge in [-0.05, 0) is 44.4 Å². The molecule has 0 radical (unpaired) electrons. The minimum Gasteiger partial charge on any atom is -0.370 e. The fourth-order valence-electron chi connectivity index (χ4n) is 6.52. The number of nitrogens with zero attached hydrogens (tertiary/aromatic N) is 3. The predicted octanol–water partition coefficient (Wildman–Crippen LogP) is 5.04. The second-order valence-corrected chi connectivity index (χ2v) is 12.8. The molecule has 2 saturated heterocycles. The standard InChI is InChI=1S/C24H24ClF5N4O2S/c25-19-15(10-14(26)21(20(19)28)37(35,36)32-18-3-1-2-17(27)31-18)33-8-6-22(12-33)5-4-16(22)34-9-7-23(13-34)11-24(23,29)30/h1-3,10,16H,4-9,11-13H2,(H,31,32)/t16-,22+,23-/m1/s1. The molecular weight excluding hydrogens is 539 g/mol. The number of hydrogen-bond acceptors (Lipinski definition) is 5. The average Bonchev–Trinajstić information content (AvgIpc) is 3.17. The first-order valence-corrected chi connectivity index (χ1v) is 13.9. The lowest BCUT2D eigenvalue weighted by Gasteiger charge is -2.51. The number of benzene rings is 1. The lowest BCUT2D eigenvalue weighted by atomic mass is 9.63. The number of anilines is 2. The number of alkyl halides is 2. The lowest BCUT2D eigenvalue weighted by molar-refractivity contribution is -0.00712. The van der Waals surface area contributed by atoms with E-state index in [1.54, 1.807) is 4.90 Å². The molecule has 13 heteroatoms. The highest BCUT2D eigenvalue weighted by Crippen LogP contribution is 2.66. The Morgan fingerprint density at radius 1 is 1.08 bits per heavy atom. The monoisotopic (exact) mass is 562 g/mol. The quantitative estimate of drug-likeness (QED) is 0.314. The van der Waals surface area contributed by atoms with Crippen LogP contribution in [-0.4, -0.2) is 56.4 Å². The van der Waals surface area contributed by atoms with Gasteiger partial charge in [0.1, 0.15) is 16.7 Å². The topological polar surface area (TPSA) is 65.5 Å². The Balaban J connectivity index is 1.22. The molecule has 0 unspecified atom stereocenters. The average molecular weight is 563 g/mol. The first-order valence-electron chi connectivity index (χ1n) is 12.1. The Morgan fingerprint density at radius 3 is 2.46 bits per heavy atom. The van der Waals surface area contributed by atoms with E-state index in [9.17, 15) is 21.6 Å². The summed E-state index contributed by atoms with van der Waals surface area (Å²) in [7, 11) is -4.81. The number of pyridine rings is 1. The Hall–Kier alpha value is -2.18. The largest absolute Gasteiger partial charge is 0.370 e. The van der Waals surface area contributed by atoms with E-state index in [1.165, 1.54) is 6.07 Å². The van der Waals surface area contributed by atoms with Crippen LogP contribution in [0.4, 0.5) is 33.5 Å². The number of halogens is 6. The predicted molar refractivity (Wildman–Crippen MR) is 127 cm³/mol. The fourth-order valence-corrected chi connectivity index (χ4v) is 7.99. The Bertz CT molecular complexity index is 1400. The van der Waals surface area contributed by atoms with Crippen LogP contribution in [0.3, 0.4) is 0 Å². The van der Waals surface area contributed by atoms with E-state index in [0.29, 0.717) is 39.0 Å².